The standard InChI is InChI=1S/C13H14FN3O2S/c14-10-5-1-2-6-11(10)20(18,19)9-13-16-15-12-7-3-4-8-17(12)13/h1-2,5-6H,3-4,7-9H2. The van der Waals surface area contributed by atoms with Crippen LogP contribution in [0, 0.1) is 5.82 Å². The van der Waals surface area contributed by atoms with Crippen LogP contribution >= 0.6 is 0 Å². The van der Waals surface area contributed by atoms with Crippen LogP contribution in [0.3, 0.4) is 0 Å². The Kier molecular flexibility index (Phi) is 3.29. The van der Waals surface area contributed by atoms with Gasteiger partial charge < -0.3 is 4.57 Å². The predicted molar refractivity (Wildman–Crippen MR) is 70.2 cm³/mol. The lowest BCUT2D eigenvalue weighted by atomic mass is 10.2. The van der Waals surface area contributed by atoms with Gasteiger partial charge in [0.15, 0.2) is 9.84 Å². The highest BCUT2D eigenvalue weighted by atomic mass is 32.2. The van der Waals surface area contributed by atoms with E-state index in [9.17, 15) is 12.8 Å². The van der Waals surface area contributed by atoms with Crippen molar-refractivity contribution in [2.75, 3.05) is 0 Å². The minimum atomic E-state index is -3.75. The van der Waals surface area contributed by atoms with E-state index >= 15 is 0 Å². The molecule has 20 heavy (non-hydrogen) atoms. The Morgan fingerprint density at radius 2 is 2.00 bits per heavy atom. The van der Waals surface area contributed by atoms with E-state index in [1.54, 1.807) is 0 Å². The molecule has 0 amide bonds. The summed E-state index contributed by atoms with van der Waals surface area (Å²) in [6.45, 7) is 0.727. The maximum absolute atomic E-state index is 13.6. The monoisotopic (exact) mass is 295 g/mol. The van der Waals surface area contributed by atoms with Gasteiger partial charge in [0.05, 0.1) is 0 Å². The van der Waals surface area contributed by atoms with Crippen molar-refractivity contribution in [1.82, 2.24) is 14.8 Å². The molecule has 2 heterocycles. The summed E-state index contributed by atoms with van der Waals surface area (Å²) in [5.74, 6) is 0.157. The van der Waals surface area contributed by atoms with Gasteiger partial charge in [0.25, 0.3) is 0 Å². The maximum Gasteiger partial charge on any atom is 0.188 e. The van der Waals surface area contributed by atoms with Crippen LogP contribution < -0.4 is 0 Å². The first-order chi connectivity index (χ1) is 9.58. The average Bonchev–Trinajstić information content (AvgIpc) is 2.82. The second-order valence-electron chi connectivity index (χ2n) is 4.83. The molecule has 2 aromatic rings. The number of nitrogens with zero attached hydrogens (tertiary/aromatic N) is 3. The number of sulfone groups is 1. The van der Waals surface area contributed by atoms with Crippen LogP contribution in [-0.4, -0.2) is 23.2 Å². The molecule has 3 rings (SSSR count). The lowest BCUT2D eigenvalue weighted by Crippen LogP contribution is -2.16. The topological polar surface area (TPSA) is 64.8 Å². The second kappa shape index (κ2) is 4.97. The summed E-state index contributed by atoms with van der Waals surface area (Å²) in [6.07, 6.45) is 2.84. The average molecular weight is 295 g/mol. The van der Waals surface area contributed by atoms with Crippen molar-refractivity contribution in [3.8, 4) is 0 Å². The molecule has 0 aliphatic carbocycles. The number of hydrogen-bond acceptors (Lipinski definition) is 4. The van der Waals surface area contributed by atoms with E-state index in [-0.39, 0.29) is 10.6 Å². The molecule has 0 saturated carbocycles. The lowest BCUT2D eigenvalue weighted by molar-refractivity contribution is 0.510. The van der Waals surface area contributed by atoms with Gasteiger partial charge in [0, 0.05) is 13.0 Å². The molecule has 0 fully saturated rings. The van der Waals surface area contributed by atoms with E-state index in [1.807, 2.05) is 4.57 Å². The first-order valence-corrected chi connectivity index (χ1v) is 8.11. The van der Waals surface area contributed by atoms with Crippen molar-refractivity contribution in [2.45, 2.75) is 36.5 Å². The van der Waals surface area contributed by atoms with Crippen LogP contribution in [-0.2, 0) is 28.6 Å². The zero-order valence-corrected chi connectivity index (χ0v) is 11.6. The van der Waals surface area contributed by atoms with Crippen LogP contribution in [0.2, 0.25) is 0 Å². The fourth-order valence-corrected chi connectivity index (χ4v) is 3.78. The third kappa shape index (κ3) is 2.33. The van der Waals surface area contributed by atoms with Gasteiger partial charge >= 0.3 is 0 Å². The Morgan fingerprint density at radius 1 is 1.20 bits per heavy atom. The van der Waals surface area contributed by atoms with Crippen molar-refractivity contribution < 1.29 is 12.8 Å². The molecular weight excluding hydrogens is 281 g/mol. The van der Waals surface area contributed by atoms with Gasteiger partial charge in [0.1, 0.15) is 28.1 Å². The fourth-order valence-electron chi connectivity index (χ4n) is 2.42. The molecule has 0 atom stereocenters. The molecule has 0 radical (unpaired) electrons. The van der Waals surface area contributed by atoms with Crippen LogP contribution in [0.25, 0.3) is 0 Å². The first-order valence-electron chi connectivity index (χ1n) is 6.46. The summed E-state index contributed by atoms with van der Waals surface area (Å²) >= 11 is 0. The van der Waals surface area contributed by atoms with Crippen molar-refractivity contribution in [2.24, 2.45) is 0 Å². The van der Waals surface area contributed by atoms with Crippen LogP contribution in [0.5, 0.6) is 0 Å². The highest BCUT2D eigenvalue weighted by Gasteiger charge is 2.24. The fraction of sp³-hybridized carbons (Fsp3) is 0.385. The second-order valence-corrected chi connectivity index (χ2v) is 6.79. The number of benzene rings is 1. The lowest BCUT2D eigenvalue weighted by Gasteiger charge is -2.14. The first kappa shape index (κ1) is 13.2. The molecule has 0 spiro atoms. The Labute approximate surface area is 116 Å². The molecule has 0 N–H and O–H groups in total. The van der Waals surface area contributed by atoms with E-state index in [2.05, 4.69) is 10.2 Å². The largest absolute Gasteiger partial charge is 0.314 e. The number of aryl methyl sites for hydroxylation is 1. The summed E-state index contributed by atoms with van der Waals surface area (Å²) in [6, 6.07) is 5.40. The minimum absolute atomic E-state index is 0.284. The van der Waals surface area contributed by atoms with Crippen molar-refractivity contribution >= 4 is 9.84 Å². The summed E-state index contributed by atoms with van der Waals surface area (Å²) in [5, 5.41) is 7.96. The Hall–Kier alpha value is -1.76. The molecule has 1 aliphatic heterocycles. The third-order valence-electron chi connectivity index (χ3n) is 3.43. The van der Waals surface area contributed by atoms with E-state index in [4.69, 9.17) is 0 Å². The van der Waals surface area contributed by atoms with Gasteiger partial charge in [-0.1, -0.05) is 12.1 Å². The van der Waals surface area contributed by atoms with Gasteiger partial charge in [-0.25, -0.2) is 12.8 Å². The zero-order chi connectivity index (χ0) is 14.2. The Morgan fingerprint density at radius 3 is 2.80 bits per heavy atom. The molecule has 7 heteroatoms. The smallest absolute Gasteiger partial charge is 0.188 e. The molecule has 5 nitrogen and oxygen atoms in total. The molecular formula is C13H14FN3O2S. The van der Waals surface area contributed by atoms with Crippen molar-refractivity contribution in [3.05, 3.63) is 41.7 Å². The summed E-state index contributed by atoms with van der Waals surface area (Å²) < 4.78 is 40.0. The van der Waals surface area contributed by atoms with E-state index in [0.29, 0.717) is 5.82 Å². The van der Waals surface area contributed by atoms with E-state index < -0.39 is 15.7 Å². The summed E-state index contributed by atoms with van der Waals surface area (Å²) in [4.78, 5) is -0.284. The van der Waals surface area contributed by atoms with Crippen molar-refractivity contribution in [3.63, 3.8) is 0 Å². The van der Waals surface area contributed by atoms with Gasteiger partial charge in [-0.3, -0.25) is 0 Å². The SMILES string of the molecule is O=S(=O)(Cc1nnc2n1CCCC2)c1ccccc1F. The quantitative estimate of drug-likeness (QED) is 0.865. The molecule has 0 bridgehead atoms. The summed E-state index contributed by atoms with van der Waals surface area (Å²) in [5.41, 5.74) is 0. The molecule has 1 aliphatic rings. The number of aromatic nitrogens is 3. The molecule has 0 unspecified atom stereocenters. The zero-order valence-electron chi connectivity index (χ0n) is 10.8. The normalized spacial score (nSPS) is 15.1. The summed E-state index contributed by atoms with van der Waals surface area (Å²) in [7, 11) is -3.75. The van der Waals surface area contributed by atoms with Gasteiger partial charge in [-0.2, -0.15) is 0 Å². The van der Waals surface area contributed by atoms with Crippen molar-refractivity contribution in [1.29, 1.82) is 0 Å². The maximum atomic E-state index is 13.6. The number of fused-ring (bicyclic) bond motifs is 1. The third-order valence-corrected chi connectivity index (χ3v) is 5.07. The van der Waals surface area contributed by atoms with E-state index in [0.717, 1.165) is 37.7 Å². The Balaban J connectivity index is 1.95. The van der Waals surface area contributed by atoms with Crippen LogP contribution in [0.1, 0.15) is 24.5 Å². The van der Waals surface area contributed by atoms with E-state index in [1.165, 1.54) is 18.2 Å². The number of halogens is 1. The van der Waals surface area contributed by atoms with Crippen LogP contribution in [0.15, 0.2) is 29.2 Å². The molecule has 106 valence electrons. The van der Waals surface area contributed by atoms with Gasteiger partial charge in [-0.05, 0) is 25.0 Å². The number of rotatable bonds is 3. The van der Waals surface area contributed by atoms with Crippen LogP contribution in [0.4, 0.5) is 4.39 Å². The van der Waals surface area contributed by atoms with Gasteiger partial charge in [0.2, 0.25) is 0 Å². The predicted octanol–water partition coefficient (Wildman–Crippen LogP) is 1.73. The highest BCUT2D eigenvalue weighted by Crippen LogP contribution is 2.21. The molecule has 1 aromatic carbocycles. The highest BCUT2D eigenvalue weighted by molar-refractivity contribution is 7.90. The molecule has 0 saturated heterocycles. The number of hydrogen-bond donors (Lipinski definition) is 0. The minimum Gasteiger partial charge on any atom is -0.314 e. The van der Waals surface area contributed by atoms with Gasteiger partial charge in [-0.15, -0.1) is 10.2 Å². The molecule has 1 aromatic heterocycles. The Bertz CT molecular complexity index is 740.